The highest BCUT2D eigenvalue weighted by Gasteiger charge is 2.38. The summed E-state index contributed by atoms with van der Waals surface area (Å²) in [6.45, 7) is 8.37. The molecule has 1 aliphatic heterocycles. The van der Waals surface area contributed by atoms with E-state index in [0.717, 1.165) is 5.56 Å². The average Bonchev–Trinajstić information content (AvgIpc) is 3.23. The fraction of sp³-hybridized carbons (Fsp3) is 0.452. The molecule has 15 heteroatoms. The highest BCUT2D eigenvalue weighted by atomic mass is 19.4. The maximum absolute atomic E-state index is 13.5. The Morgan fingerprint density at radius 3 is 2.15 bits per heavy atom. The number of aromatic hydroxyl groups is 1. The number of carboxylic acids is 1. The van der Waals surface area contributed by atoms with Gasteiger partial charge in [-0.1, -0.05) is 20.8 Å². The van der Waals surface area contributed by atoms with Crippen molar-refractivity contribution >= 4 is 29.4 Å². The molecule has 12 nitrogen and oxygen atoms in total. The van der Waals surface area contributed by atoms with Gasteiger partial charge in [0.15, 0.2) is 17.3 Å². The molecule has 2 aromatic carbocycles. The number of carbonyl (C=O) groups excluding carboxylic acids is 3. The molecule has 0 unspecified atom stereocenters. The topological polar surface area (TPSA) is 184 Å². The van der Waals surface area contributed by atoms with E-state index in [2.05, 4.69) is 0 Å². The number of carbonyl (C=O) groups is 4. The van der Waals surface area contributed by atoms with Gasteiger partial charge in [-0.25, -0.2) is 4.79 Å². The van der Waals surface area contributed by atoms with Gasteiger partial charge in [-0.05, 0) is 48.6 Å². The molecule has 1 heterocycles. The van der Waals surface area contributed by atoms with Gasteiger partial charge in [0, 0.05) is 43.8 Å². The van der Waals surface area contributed by atoms with E-state index in [1.54, 1.807) is 37.2 Å². The SMILES string of the molecule is CCOc1cc2c(cc1C(=O)N(C)C)C(=N)N(CC(=O)c1cc(OCCCC(N)=O)c(O)c(C(C)(C)C)c1)C2.O=C(O)C(F)(F)F. The molecule has 0 radical (unpaired) electrons. The number of hydrogen-bond donors (Lipinski definition) is 4. The summed E-state index contributed by atoms with van der Waals surface area (Å²) in [5, 5.41) is 26.7. The minimum absolute atomic E-state index is 0.0546. The quantitative estimate of drug-likeness (QED) is 0.205. The largest absolute Gasteiger partial charge is 0.504 e. The van der Waals surface area contributed by atoms with Crippen molar-refractivity contribution in [2.45, 2.75) is 58.7 Å². The van der Waals surface area contributed by atoms with Crippen molar-refractivity contribution in [3.05, 3.63) is 52.1 Å². The van der Waals surface area contributed by atoms with Crippen molar-refractivity contribution in [3.8, 4) is 17.2 Å². The number of Topliss-reactive ketones (excluding diaryl/α,β-unsaturated/α-hetero) is 1. The first-order chi connectivity index (χ1) is 21.2. The number of nitrogens with zero attached hydrogens (tertiary/aromatic N) is 2. The molecule has 0 aromatic heterocycles. The number of fused-ring (bicyclic) bond motifs is 1. The zero-order chi connectivity index (χ0) is 35.1. The van der Waals surface area contributed by atoms with Crippen LogP contribution in [0.25, 0.3) is 0 Å². The molecule has 0 saturated heterocycles. The molecule has 46 heavy (non-hydrogen) atoms. The minimum atomic E-state index is -5.08. The number of nitrogens with two attached hydrogens (primary N) is 1. The molecule has 252 valence electrons. The maximum Gasteiger partial charge on any atom is 0.490 e. The van der Waals surface area contributed by atoms with Crippen LogP contribution in [0.2, 0.25) is 0 Å². The van der Waals surface area contributed by atoms with Gasteiger partial charge >= 0.3 is 12.1 Å². The number of benzene rings is 2. The first kappa shape index (κ1) is 37.4. The van der Waals surface area contributed by atoms with Crippen LogP contribution in [0.5, 0.6) is 17.2 Å². The normalized spacial score (nSPS) is 12.5. The van der Waals surface area contributed by atoms with Crippen molar-refractivity contribution in [1.82, 2.24) is 9.80 Å². The van der Waals surface area contributed by atoms with Crippen molar-refractivity contribution in [2.24, 2.45) is 5.73 Å². The number of alkyl halides is 3. The van der Waals surface area contributed by atoms with Gasteiger partial charge in [0.1, 0.15) is 11.6 Å². The van der Waals surface area contributed by atoms with Crippen LogP contribution in [-0.2, 0) is 21.5 Å². The van der Waals surface area contributed by atoms with Crippen molar-refractivity contribution in [3.63, 3.8) is 0 Å². The van der Waals surface area contributed by atoms with Gasteiger partial charge in [0.05, 0.1) is 25.3 Å². The standard InChI is InChI=1S/C29H38N4O6.C2HF3O2/c1-7-38-23-13-18-15-33(27(31)19(18)14-20(23)28(37)32(5)6)16-22(34)17-11-21(29(2,3)4)26(36)24(12-17)39-10-8-9-25(30)35;3-2(4,5)1(6)7/h11-14,31,36H,7-10,15-16H2,1-6H3,(H2,30,35);(H,6,7). The van der Waals surface area contributed by atoms with Crippen LogP contribution in [-0.4, -0.2) is 89.4 Å². The molecule has 0 saturated carbocycles. The van der Waals surface area contributed by atoms with E-state index in [-0.39, 0.29) is 48.6 Å². The monoisotopic (exact) mass is 652 g/mol. The lowest BCUT2D eigenvalue weighted by Crippen LogP contribution is -2.30. The predicted octanol–water partition coefficient (Wildman–Crippen LogP) is 4.09. The molecule has 0 spiro atoms. The number of phenolic OH excluding ortho intramolecular Hbond substituents is 1. The summed E-state index contributed by atoms with van der Waals surface area (Å²) in [4.78, 5) is 49.2. The Balaban J connectivity index is 0.000000942. The summed E-state index contributed by atoms with van der Waals surface area (Å²) in [5.74, 6) is -2.99. The number of carboxylic acid groups (broad SMARTS) is 1. The van der Waals surface area contributed by atoms with Gasteiger partial charge in [-0.3, -0.25) is 19.8 Å². The number of phenols is 1. The summed E-state index contributed by atoms with van der Waals surface area (Å²) in [5.41, 5.74) is 7.34. The van der Waals surface area contributed by atoms with Crippen LogP contribution < -0.4 is 15.2 Å². The van der Waals surface area contributed by atoms with E-state index in [1.807, 2.05) is 27.7 Å². The Bertz CT molecular complexity index is 1500. The third-order valence-electron chi connectivity index (χ3n) is 6.68. The zero-order valence-electron chi connectivity index (χ0n) is 26.5. The van der Waals surface area contributed by atoms with Gasteiger partial charge in [0.2, 0.25) is 5.91 Å². The lowest BCUT2D eigenvalue weighted by Gasteiger charge is -2.24. The number of aliphatic carboxylic acids is 1. The Labute approximate surface area is 264 Å². The Kier molecular flexibility index (Phi) is 12.2. The first-order valence-electron chi connectivity index (χ1n) is 14.2. The molecule has 0 bridgehead atoms. The summed E-state index contributed by atoms with van der Waals surface area (Å²) < 4.78 is 43.2. The van der Waals surface area contributed by atoms with E-state index in [0.29, 0.717) is 47.6 Å². The molecule has 0 aliphatic carbocycles. The van der Waals surface area contributed by atoms with E-state index < -0.39 is 23.5 Å². The smallest absolute Gasteiger partial charge is 0.490 e. The van der Waals surface area contributed by atoms with Crippen molar-refractivity contribution < 1.29 is 52.0 Å². The van der Waals surface area contributed by atoms with Crippen LogP contribution in [0.1, 0.15) is 77.9 Å². The fourth-order valence-corrected chi connectivity index (χ4v) is 4.39. The number of nitrogens with one attached hydrogen (secondary N) is 1. The molecular weight excluding hydrogens is 613 g/mol. The van der Waals surface area contributed by atoms with Gasteiger partial charge in [-0.2, -0.15) is 13.2 Å². The van der Waals surface area contributed by atoms with Crippen molar-refractivity contribution in [2.75, 3.05) is 33.9 Å². The maximum atomic E-state index is 13.5. The number of hydrogen-bond acceptors (Lipinski definition) is 8. The first-order valence-corrected chi connectivity index (χ1v) is 14.2. The lowest BCUT2D eigenvalue weighted by molar-refractivity contribution is -0.192. The molecular formula is C31H39F3N4O8. The van der Waals surface area contributed by atoms with Crippen LogP contribution in [0.15, 0.2) is 24.3 Å². The van der Waals surface area contributed by atoms with E-state index >= 15 is 0 Å². The fourth-order valence-electron chi connectivity index (χ4n) is 4.39. The minimum Gasteiger partial charge on any atom is -0.504 e. The van der Waals surface area contributed by atoms with Gasteiger partial charge in [-0.15, -0.1) is 0 Å². The summed E-state index contributed by atoms with van der Waals surface area (Å²) >= 11 is 0. The Morgan fingerprint density at radius 1 is 1.04 bits per heavy atom. The summed E-state index contributed by atoms with van der Waals surface area (Å²) in [6.07, 6.45) is -4.56. The number of ether oxygens (including phenoxy) is 2. The van der Waals surface area contributed by atoms with Crippen LogP contribution in [0.3, 0.4) is 0 Å². The number of amides is 2. The third-order valence-corrected chi connectivity index (χ3v) is 6.68. The second-order valence-corrected chi connectivity index (χ2v) is 11.6. The number of amidine groups is 1. The van der Waals surface area contributed by atoms with Crippen LogP contribution in [0.4, 0.5) is 13.2 Å². The highest BCUT2D eigenvalue weighted by Crippen LogP contribution is 2.39. The molecule has 0 fully saturated rings. The number of ketones is 1. The predicted molar refractivity (Wildman–Crippen MR) is 162 cm³/mol. The Hall–Kier alpha value is -4.82. The third kappa shape index (κ3) is 9.59. The number of halogens is 3. The number of rotatable bonds is 11. The molecule has 5 N–H and O–H groups in total. The average molecular weight is 653 g/mol. The number of primary amides is 1. The van der Waals surface area contributed by atoms with E-state index in [4.69, 9.17) is 30.5 Å². The van der Waals surface area contributed by atoms with Crippen LogP contribution in [0, 0.1) is 5.41 Å². The molecule has 2 amide bonds. The lowest BCUT2D eigenvalue weighted by atomic mass is 9.84. The van der Waals surface area contributed by atoms with Crippen LogP contribution >= 0.6 is 0 Å². The summed E-state index contributed by atoms with van der Waals surface area (Å²) in [7, 11) is 3.31. The van der Waals surface area contributed by atoms with Gasteiger partial charge in [0.25, 0.3) is 5.91 Å². The highest BCUT2D eigenvalue weighted by molar-refractivity contribution is 6.07. The van der Waals surface area contributed by atoms with E-state index in [1.165, 1.54) is 11.0 Å². The summed E-state index contributed by atoms with van der Waals surface area (Å²) in [6, 6.07) is 6.57. The van der Waals surface area contributed by atoms with Gasteiger partial charge < -0.3 is 35.2 Å². The molecule has 1 aliphatic rings. The Morgan fingerprint density at radius 2 is 1.65 bits per heavy atom. The van der Waals surface area contributed by atoms with Crippen molar-refractivity contribution in [1.29, 1.82) is 5.41 Å². The molecule has 3 rings (SSSR count). The second kappa shape index (κ2) is 15.0. The van der Waals surface area contributed by atoms with E-state index in [9.17, 15) is 32.7 Å². The molecule has 2 aromatic rings. The zero-order valence-corrected chi connectivity index (χ0v) is 26.5. The molecule has 0 atom stereocenters. The second-order valence-electron chi connectivity index (χ2n) is 11.6.